The van der Waals surface area contributed by atoms with Gasteiger partial charge in [0.15, 0.2) is 17.3 Å². The van der Waals surface area contributed by atoms with E-state index in [4.69, 9.17) is 5.11 Å². The predicted octanol–water partition coefficient (Wildman–Crippen LogP) is 2.68. The van der Waals surface area contributed by atoms with Crippen LogP contribution in [0.2, 0.25) is 0 Å². The van der Waals surface area contributed by atoms with Crippen molar-refractivity contribution in [2.75, 3.05) is 0 Å². The van der Waals surface area contributed by atoms with E-state index in [-0.39, 0.29) is 17.5 Å². The maximum absolute atomic E-state index is 13.1. The lowest BCUT2D eigenvalue weighted by atomic mass is 9.99. The number of aryl methyl sites for hydroxylation is 1. The van der Waals surface area contributed by atoms with Crippen LogP contribution < -0.4 is 0 Å². The van der Waals surface area contributed by atoms with Gasteiger partial charge in [-0.3, -0.25) is 4.79 Å². The van der Waals surface area contributed by atoms with Gasteiger partial charge in [-0.2, -0.15) is 0 Å². The Morgan fingerprint density at radius 3 is 2.43 bits per heavy atom. The largest absolute Gasteiger partial charge is 0.505 e. The Bertz CT molecular complexity index is 347. The van der Waals surface area contributed by atoms with Crippen molar-refractivity contribution in [1.29, 1.82) is 0 Å². The van der Waals surface area contributed by atoms with Crippen LogP contribution in [0.4, 0.5) is 4.39 Å². The molecule has 0 aliphatic rings. The predicted molar refractivity (Wildman–Crippen MR) is 52.0 cm³/mol. The van der Waals surface area contributed by atoms with Crippen molar-refractivity contribution in [3.8, 4) is 5.75 Å². The highest BCUT2D eigenvalue weighted by atomic mass is 19.1. The molecule has 0 bridgehead atoms. The molecule has 14 heavy (non-hydrogen) atoms. The number of aromatic hydroxyl groups is 1. The van der Waals surface area contributed by atoms with Gasteiger partial charge in [0.05, 0.1) is 0 Å². The molecular formula is C11H13FO2. The highest BCUT2D eigenvalue weighted by Gasteiger charge is 2.14. The first-order valence-electron chi connectivity index (χ1n) is 4.46. The van der Waals surface area contributed by atoms with Gasteiger partial charge in [-0.1, -0.05) is 13.8 Å². The zero-order valence-corrected chi connectivity index (χ0v) is 8.47. The number of rotatable bonds is 2. The molecule has 76 valence electrons. The van der Waals surface area contributed by atoms with E-state index in [2.05, 4.69) is 0 Å². The zero-order valence-electron chi connectivity index (χ0n) is 8.47. The molecule has 0 fully saturated rings. The van der Waals surface area contributed by atoms with Crippen LogP contribution in [0.15, 0.2) is 12.1 Å². The molecule has 0 aliphatic heterocycles. The number of hydrogen-bond acceptors (Lipinski definition) is 2. The molecule has 1 aromatic rings. The summed E-state index contributed by atoms with van der Waals surface area (Å²) in [5.41, 5.74) is 0.696. The second-order valence-electron chi connectivity index (χ2n) is 3.64. The van der Waals surface area contributed by atoms with Gasteiger partial charge in [0.25, 0.3) is 0 Å². The van der Waals surface area contributed by atoms with E-state index < -0.39 is 5.82 Å². The molecule has 0 saturated heterocycles. The molecule has 0 saturated carbocycles. The van der Waals surface area contributed by atoms with E-state index >= 15 is 0 Å². The summed E-state index contributed by atoms with van der Waals surface area (Å²) in [4.78, 5) is 11.5. The standard InChI is InChI=1S/C11H13FO2/c1-6(2)10(13)8-4-7(3)11(14)9(12)5-8/h4-6,14H,1-3H3. The first kappa shape index (κ1) is 10.7. The summed E-state index contributed by atoms with van der Waals surface area (Å²) in [5, 5.41) is 9.16. The molecule has 0 unspecified atom stereocenters. The van der Waals surface area contributed by atoms with Gasteiger partial charge in [-0.05, 0) is 24.6 Å². The minimum Gasteiger partial charge on any atom is -0.505 e. The third-order valence-electron chi connectivity index (χ3n) is 2.06. The molecule has 0 radical (unpaired) electrons. The first-order valence-corrected chi connectivity index (χ1v) is 4.46. The minimum absolute atomic E-state index is 0.119. The summed E-state index contributed by atoms with van der Waals surface area (Å²) in [6.45, 7) is 5.07. The highest BCUT2D eigenvalue weighted by molar-refractivity contribution is 5.97. The van der Waals surface area contributed by atoms with Gasteiger partial charge < -0.3 is 5.11 Å². The maximum atomic E-state index is 13.1. The number of benzene rings is 1. The normalized spacial score (nSPS) is 10.6. The fourth-order valence-corrected chi connectivity index (χ4v) is 1.21. The van der Waals surface area contributed by atoms with Gasteiger partial charge in [-0.15, -0.1) is 0 Å². The molecular weight excluding hydrogens is 183 g/mol. The van der Waals surface area contributed by atoms with E-state index in [0.29, 0.717) is 11.1 Å². The van der Waals surface area contributed by atoms with Gasteiger partial charge >= 0.3 is 0 Å². The van der Waals surface area contributed by atoms with Crippen LogP contribution in [0.1, 0.15) is 29.8 Å². The van der Waals surface area contributed by atoms with Crippen molar-refractivity contribution >= 4 is 5.78 Å². The van der Waals surface area contributed by atoms with E-state index in [1.54, 1.807) is 20.8 Å². The molecule has 0 heterocycles. The van der Waals surface area contributed by atoms with Crippen LogP contribution in [-0.4, -0.2) is 10.9 Å². The number of phenols is 1. The lowest BCUT2D eigenvalue weighted by molar-refractivity contribution is 0.0939. The number of carbonyl (C=O) groups excluding carboxylic acids is 1. The summed E-state index contributed by atoms with van der Waals surface area (Å²) in [7, 11) is 0. The smallest absolute Gasteiger partial charge is 0.165 e. The fourth-order valence-electron chi connectivity index (χ4n) is 1.21. The Balaban J connectivity index is 3.19. The Labute approximate surface area is 82.4 Å². The van der Waals surface area contributed by atoms with Crippen molar-refractivity contribution in [3.63, 3.8) is 0 Å². The average Bonchev–Trinajstić information content (AvgIpc) is 2.12. The summed E-state index contributed by atoms with van der Waals surface area (Å²) in [6, 6.07) is 2.57. The first-order chi connectivity index (χ1) is 6.43. The fraction of sp³-hybridized carbons (Fsp3) is 0.364. The van der Waals surface area contributed by atoms with Crippen LogP contribution in [-0.2, 0) is 0 Å². The van der Waals surface area contributed by atoms with Gasteiger partial charge in [0.2, 0.25) is 0 Å². The number of hydrogen-bond donors (Lipinski definition) is 1. The molecule has 1 rings (SSSR count). The quantitative estimate of drug-likeness (QED) is 0.738. The summed E-state index contributed by atoms with van der Waals surface area (Å²) in [5.74, 6) is -1.41. The third kappa shape index (κ3) is 1.92. The van der Waals surface area contributed by atoms with Crippen LogP contribution in [0.25, 0.3) is 0 Å². The van der Waals surface area contributed by atoms with Crippen LogP contribution in [0, 0.1) is 18.7 Å². The van der Waals surface area contributed by atoms with Crippen molar-refractivity contribution in [2.24, 2.45) is 5.92 Å². The zero-order chi connectivity index (χ0) is 10.9. The summed E-state index contributed by atoms with van der Waals surface area (Å²) >= 11 is 0. The monoisotopic (exact) mass is 196 g/mol. The van der Waals surface area contributed by atoms with Crippen molar-refractivity contribution in [2.45, 2.75) is 20.8 Å². The molecule has 0 atom stereocenters. The number of Topliss-reactive ketones (excluding diaryl/α,β-unsaturated/α-hetero) is 1. The number of halogens is 1. The molecule has 1 aromatic carbocycles. The summed E-state index contributed by atoms with van der Waals surface area (Å²) < 4.78 is 13.1. The minimum atomic E-state index is -0.742. The Morgan fingerprint density at radius 1 is 1.43 bits per heavy atom. The molecule has 0 aromatic heterocycles. The lowest BCUT2D eigenvalue weighted by Gasteiger charge is -2.07. The van der Waals surface area contributed by atoms with E-state index in [9.17, 15) is 9.18 Å². The molecule has 3 heteroatoms. The molecule has 2 nitrogen and oxygen atoms in total. The second-order valence-corrected chi connectivity index (χ2v) is 3.64. The second kappa shape index (κ2) is 3.78. The number of phenolic OH excluding ortho intramolecular Hbond substituents is 1. The van der Waals surface area contributed by atoms with Gasteiger partial charge in [0.1, 0.15) is 0 Å². The SMILES string of the molecule is Cc1cc(C(=O)C(C)C)cc(F)c1O. The van der Waals surface area contributed by atoms with Crippen molar-refractivity contribution in [3.05, 3.63) is 29.1 Å². The van der Waals surface area contributed by atoms with E-state index in [0.717, 1.165) is 6.07 Å². The van der Waals surface area contributed by atoms with E-state index in [1.165, 1.54) is 6.07 Å². The van der Waals surface area contributed by atoms with Crippen LogP contribution >= 0.6 is 0 Å². The number of carbonyl (C=O) groups is 1. The van der Waals surface area contributed by atoms with Crippen LogP contribution in [0.3, 0.4) is 0 Å². The average molecular weight is 196 g/mol. The Kier molecular flexibility index (Phi) is 2.89. The van der Waals surface area contributed by atoms with Crippen LogP contribution in [0.5, 0.6) is 5.75 Å². The molecule has 1 N–H and O–H groups in total. The Morgan fingerprint density at radius 2 is 2.00 bits per heavy atom. The molecule has 0 aliphatic carbocycles. The topological polar surface area (TPSA) is 37.3 Å². The molecule has 0 amide bonds. The summed E-state index contributed by atoms with van der Waals surface area (Å²) in [6.07, 6.45) is 0. The maximum Gasteiger partial charge on any atom is 0.165 e. The van der Waals surface area contributed by atoms with E-state index in [1.807, 2.05) is 0 Å². The molecule has 0 spiro atoms. The van der Waals surface area contributed by atoms with Crippen molar-refractivity contribution in [1.82, 2.24) is 0 Å². The van der Waals surface area contributed by atoms with Crippen molar-refractivity contribution < 1.29 is 14.3 Å². The Hall–Kier alpha value is -1.38. The lowest BCUT2D eigenvalue weighted by Crippen LogP contribution is -2.08. The number of ketones is 1. The third-order valence-corrected chi connectivity index (χ3v) is 2.06. The highest BCUT2D eigenvalue weighted by Crippen LogP contribution is 2.23. The van der Waals surface area contributed by atoms with Gasteiger partial charge in [0, 0.05) is 11.5 Å². The van der Waals surface area contributed by atoms with Gasteiger partial charge in [-0.25, -0.2) is 4.39 Å².